The van der Waals surface area contributed by atoms with Gasteiger partial charge in [-0.15, -0.1) is 0 Å². The molecule has 0 spiro atoms. The first-order valence-corrected chi connectivity index (χ1v) is 10.6. The SMILES string of the molecule is COc1ccc2nc(NC(=O)CCCN3C(=O)[C@@H]4[C@H](C3=O)[C@H]3C=C[C@H]4C3)sc2c1. The topological polar surface area (TPSA) is 88.6 Å². The van der Waals surface area contributed by atoms with Crippen LogP contribution in [0.15, 0.2) is 30.4 Å². The third-order valence-electron chi connectivity index (χ3n) is 6.19. The summed E-state index contributed by atoms with van der Waals surface area (Å²) in [5.74, 6) is 0.538. The van der Waals surface area contributed by atoms with E-state index in [4.69, 9.17) is 4.74 Å². The van der Waals surface area contributed by atoms with Crippen LogP contribution in [0.2, 0.25) is 0 Å². The summed E-state index contributed by atoms with van der Waals surface area (Å²) in [7, 11) is 1.61. The molecule has 0 unspecified atom stereocenters. The molecule has 1 aromatic carbocycles. The summed E-state index contributed by atoms with van der Waals surface area (Å²) in [5.41, 5.74) is 0.800. The van der Waals surface area contributed by atoms with Gasteiger partial charge in [-0.1, -0.05) is 23.5 Å². The number of nitrogens with zero attached hydrogens (tertiary/aromatic N) is 2. The Morgan fingerprint density at radius 2 is 1.97 bits per heavy atom. The van der Waals surface area contributed by atoms with Gasteiger partial charge >= 0.3 is 0 Å². The van der Waals surface area contributed by atoms with Crippen LogP contribution in [-0.4, -0.2) is 41.3 Å². The highest BCUT2D eigenvalue weighted by molar-refractivity contribution is 7.22. The van der Waals surface area contributed by atoms with Crippen LogP contribution in [0.5, 0.6) is 5.75 Å². The molecule has 150 valence electrons. The standard InChI is InChI=1S/C21H21N3O4S/c1-28-13-6-7-14-15(10-13)29-21(22-14)23-16(25)3-2-8-24-19(26)17-11-4-5-12(9-11)18(17)20(24)27/h4-7,10-12,17-18H,2-3,8-9H2,1H3,(H,22,23,25)/t11-,12-,17-,18+/m0/s1. The molecule has 3 amide bonds. The summed E-state index contributed by atoms with van der Waals surface area (Å²) < 4.78 is 6.14. The molecule has 2 fully saturated rings. The van der Waals surface area contributed by atoms with E-state index >= 15 is 0 Å². The van der Waals surface area contributed by atoms with E-state index in [1.165, 1.54) is 16.2 Å². The molecular formula is C21H21N3O4S. The molecule has 2 heterocycles. The minimum absolute atomic E-state index is 0.0580. The van der Waals surface area contributed by atoms with Crippen LogP contribution in [0.1, 0.15) is 19.3 Å². The lowest BCUT2D eigenvalue weighted by Crippen LogP contribution is -2.34. The molecule has 8 heteroatoms. The van der Waals surface area contributed by atoms with Crippen molar-refractivity contribution in [3.63, 3.8) is 0 Å². The smallest absolute Gasteiger partial charge is 0.233 e. The molecule has 0 radical (unpaired) electrons. The molecule has 4 atom stereocenters. The van der Waals surface area contributed by atoms with Crippen molar-refractivity contribution in [2.45, 2.75) is 19.3 Å². The van der Waals surface area contributed by atoms with Gasteiger partial charge in [0.25, 0.3) is 0 Å². The molecular weight excluding hydrogens is 390 g/mol. The van der Waals surface area contributed by atoms with E-state index < -0.39 is 0 Å². The average Bonchev–Trinajstić information content (AvgIpc) is 3.46. The molecule has 5 rings (SSSR count). The van der Waals surface area contributed by atoms with Crippen molar-refractivity contribution in [1.29, 1.82) is 0 Å². The number of benzene rings is 1. The Morgan fingerprint density at radius 3 is 2.66 bits per heavy atom. The van der Waals surface area contributed by atoms with Gasteiger partial charge in [0.15, 0.2) is 5.13 Å². The molecule has 1 saturated carbocycles. The second kappa shape index (κ2) is 6.95. The van der Waals surface area contributed by atoms with Crippen molar-refractivity contribution >= 4 is 44.4 Å². The van der Waals surface area contributed by atoms with Gasteiger partial charge in [0, 0.05) is 13.0 Å². The van der Waals surface area contributed by atoms with Crippen LogP contribution >= 0.6 is 11.3 Å². The number of hydrogen-bond acceptors (Lipinski definition) is 6. The molecule has 1 aliphatic heterocycles. The fourth-order valence-corrected chi connectivity index (χ4v) is 5.76. The number of thiazole rings is 1. The normalized spacial score (nSPS) is 27.1. The van der Waals surface area contributed by atoms with Gasteiger partial charge < -0.3 is 10.1 Å². The molecule has 1 saturated heterocycles. The first kappa shape index (κ1) is 18.3. The van der Waals surface area contributed by atoms with E-state index in [0.717, 1.165) is 22.4 Å². The van der Waals surface area contributed by atoms with Gasteiger partial charge in [-0.2, -0.15) is 0 Å². The maximum Gasteiger partial charge on any atom is 0.233 e. The van der Waals surface area contributed by atoms with Gasteiger partial charge in [0.1, 0.15) is 5.75 Å². The summed E-state index contributed by atoms with van der Waals surface area (Å²) in [6.07, 6.45) is 5.78. The minimum atomic E-state index is -0.175. The third-order valence-corrected chi connectivity index (χ3v) is 7.12. The first-order chi connectivity index (χ1) is 14.0. The molecule has 7 nitrogen and oxygen atoms in total. The summed E-state index contributed by atoms with van der Waals surface area (Å²) in [6.45, 7) is 0.300. The maximum atomic E-state index is 12.7. The Hall–Kier alpha value is -2.74. The molecule has 2 aliphatic carbocycles. The van der Waals surface area contributed by atoms with Crippen molar-refractivity contribution in [2.24, 2.45) is 23.7 Å². The Kier molecular flexibility index (Phi) is 4.38. The van der Waals surface area contributed by atoms with Gasteiger partial charge in [-0.3, -0.25) is 19.3 Å². The van der Waals surface area contributed by atoms with Gasteiger partial charge in [0.2, 0.25) is 17.7 Å². The average molecular weight is 411 g/mol. The van der Waals surface area contributed by atoms with E-state index in [9.17, 15) is 14.4 Å². The monoisotopic (exact) mass is 411 g/mol. The Balaban J connectivity index is 1.16. The summed E-state index contributed by atoms with van der Waals surface area (Å²) in [5, 5.41) is 3.34. The van der Waals surface area contributed by atoms with Crippen molar-refractivity contribution in [3.8, 4) is 5.75 Å². The highest BCUT2D eigenvalue weighted by atomic mass is 32.1. The Bertz CT molecular complexity index is 1020. The number of carbonyl (C=O) groups excluding carboxylic acids is 3. The van der Waals surface area contributed by atoms with Crippen LogP contribution in [0.4, 0.5) is 5.13 Å². The number of anilines is 1. The number of aromatic nitrogens is 1. The number of fused-ring (bicyclic) bond motifs is 6. The second-order valence-electron chi connectivity index (χ2n) is 7.83. The highest BCUT2D eigenvalue weighted by Crippen LogP contribution is 2.52. The van der Waals surface area contributed by atoms with E-state index in [2.05, 4.69) is 22.5 Å². The van der Waals surface area contributed by atoms with Crippen LogP contribution in [0, 0.1) is 23.7 Å². The van der Waals surface area contributed by atoms with Crippen molar-refractivity contribution in [2.75, 3.05) is 19.0 Å². The maximum absolute atomic E-state index is 12.7. The van der Waals surface area contributed by atoms with E-state index in [1.807, 2.05) is 18.2 Å². The van der Waals surface area contributed by atoms with Crippen molar-refractivity contribution < 1.29 is 19.1 Å². The number of ether oxygens (including phenoxy) is 1. The lowest BCUT2D eigenvalue weighted by atomic mass is 9.85. The second-order valence-corrected chi connectivity index (χ2v) is 8.86. The van der Waals surface area contributed by atoms with Gasteiger partial charge in [-0.25, -0.2) is 4.98 Å². The Morgan fingerprint density at radius 1 is 1.24 bits per heavy atom. The molecule has 1 N–H and O–H groups in total. The highest BCUT2D eigenvalue weighted by Gasteiger charge is 2.58. The molecule has 29 heavy (non-hydrogen) atoms. The van der Waals surface area contributed by atoms with Crippen molar-refractivity contribution in [3.05, 3.63) is 30.4 Å². The number of carbonyl (C=O) groups is 3. The quantitative estimate of drug-likeness (QED) is 0.583. The van der Waals surface area contributed by atoms with Crippen LogP contribution in [0.25, 0.3) is 10.2 Å². The van der Waals surface area contributed by atoms with E-state index in [0.29, 0.717) is 18.1 Å². The third kappa shape index (κ3) is 3.02. The number of amides is 3. The summed E-state index contributed by atoms with van der Waals surface area (Å²) >= 11 is 1.38. The molecule has 1 aromatic heterocycles. The largest absolute Gasteiger partial charge is 0.497 e. The lowest BCUT2D eigenvalue weighted by Gasteiger charge is -2.16. The molecule has 3 aliphatic rings. The van der Waals surface area contributed by atoms with E-state index in [-0.39, 0.29) is 47.8 Å². The van der Waals surface area contributed by atoms with Crippen LogP contribution in [-0.2, 0) is 14.4 Å². The number of hydrogen-bond donors (Lipinski definition) is 1. The summed E-state index contributed by atoms with van der Waals surface area (Å²) in [6, 6.07) is 5.56. The summed E-state index contributed by atoms with van der Waals surface area (Å²) in [4.78, 5) is 43.4. The number of methoxy groups -OCH3 is 1. The molecule has 2 bridgehead atoms. The number of allylic oxidation sites excluding steroid dienone is 2. The van der Waals surface area contributed by atoms with Crippen LogP contribution in [0.3, 0.4) is 0 Å². The lowest BCUT2D eigenvalue weighted by molar-refractivity contribution is -0.141. The number of imide groups is 1. The zero-order valence-electron chi connectivity index (χ0n) is 16.0. The zero-order chi connectivity index (χ0) is 20.1. The number of rotatable bonds is 6. The fourth-order valence-electron chi connectivity index (χ4n) is 4.85. The first-order valence-electron chi connectivity index (χ1n) is 9.83. The van der Waals surface area contributed by atoms with Gasteiger partial charge in [-0.05, 0) is 42.9 Å². The number of likely N-dealkylation sites (tertiary alicyclic amines) is 1. The fraction of sp³-hybridized carbons (Fsp3) is 0.429. The van der Waals surface area contributed by atoms with Gasteiger partial charge in [0.05, 0.1) is 29.2 Å². The molecule has 2 aromatic rings. The predicted molar refractivity (Wildman–Crippen MR) is 108 cm³/mol. The Labute approximate surface area is 171 Å². The minimum Gasteiger partial charge on any atom is -0.497 e. The zero-order valence-corrected chi connectivity index (χ0v) is 16.8. The van der Waals surface area contributed by atoms with Crippen molar-refractivity contribution in [1.82, 2.24) is 9.88 Å². The predicted octanol–water partition coefficient (Wildman–Crippen LogP) is 2.83. The van der Waals surface area contributed by atoms with Crippen LogP contribution < -0.4 is 10.1 Å². The van der Waals surface area contributed by atoms with E-state index in [1.54, 1.807) is 7.11 Å². The number of nitrogens with one attached hydrogen (secondary N) is 1.